The summed E-state index contributed by atoms with van der Waals surface area (Å²) in [5.41, 5.74) is 4.30. The van der Waals surface area contributed by atoms with Gasteiger partial charge in [-0.3, -0.25) is 4.98 Å². The fourth-order valence-electron chi connectivity index (χ4n) is 2.42. The van der Waals surface area contributed by atoms with Crippen LogP contribution in [0.15, 0.2) is 66.9 Å². The van der Waals surface area contributed by atoms with Crippen molar-refractivity contribution in [3.8, 4) is 17.0 Å². The number of carbonyl (C=O) groups excluding carboxylic acids is 1. The molecule has 0 unspecified atom stereocenters. The van der Waals surface area contributed by atoms with Gasteiger partial charge in [-0.05, 0) is 49.7 Å². The zero-order valence-electron chi connectivity index (χ0n) is 13.1. The molecular weight excluding hydrogens is 286 g/mol. The number of carbonyl (C=O) groups is 1. The molecule has 0 bridgehead atoms. The molecule has 114 valence electrons. The molecule has 0 saturated heterocycles. The molecule has 3 rings (SSSR count). The van der Waals surface area contributed by atoms with Crippen molar-refractivity contribution in [3.05, 3.63) is 83.6 Å². The predicted octanol–water partition coefficient (Wildman–Crippen LogP) is 4.58. The van der Waals surface area contributed by atoms with E-state index in [1.54, 1.807) is 18.3 Å². The van der Waals surface area contributed by atoms with Gasteiger partial charge in [-0.2, -0.15) is 0 Å². The van der Waals surface area contributed by atoms with E-state index in [-0.39, 0.29) is 5.97 Å². The fraction of sp³-hybridized carbons (Fsp3) is 0.100. The van der Waals surface area contributed by atoms with Crippen LogP contribution in [0.4, 0.5) is 0 Å². The molecule has 0 radical (unpaired) electrons. The summed E-state index contributed by atoms with van der Waals surface area (Å²) in [6, 6.07) is 18.6. The second kappa shape index (κ2) is 6.44. The molecule has 3 aromatic rings. The molecule has 0 amide bonds. The van der Waals surface area contributed by atoms with E-state index in [1.165, 1.54) is 0 Å². The number of benzene rings is 2. The third-order valence-electron chi connectivity index (χ3n) is 3.61. The maximum atomic E-state index is 12.3. The quantitative estimate of drug-likeness (QED) is 0.525. The molecule has 0 N–H and O–H groups in total. The minimum atomic E-state index is -0.371. The van der Waals surface area contributed by atoms with Crippen LogP contribution in [-0.2, 0) is 0 Å². The SMILES string of the molecule is Cc1ccc(OC(=O)c2ccccc2)c(-c2ncccc2C)c1. The van der Waals surface area contributed by atoms with E-state index in [0.717, 1.165) is 22.4 Å². The van der Waals surface area contributed by atoms with Crippen LogP contribution in [0, 0.1) is 13.8 Å². The highest BCUT2D eigenvalue weighted by Crippen LogP contribution is 2.32. The summed E-state index contributed by atoms with van der Waals surface area (Å²) in [5.74, 6) is 0.149. The van der Waals surface area contributed by atoms with Gasteiger partial charge in [0.05, 0.1) is 11.3 Å². The number of aromatic nitrogens is 1. The van der Waals surface area contributed by atoms with E-state index >= 15 is 0 Å². The van der Waals surface area contributed by atoms with Gasteiger partial charge in [0.15, 0.2) is 0 Å². The van der Waals surface area contributed by atoms with Crippen molar-refractivity contribution >= 4 is 5.97 Å². The first-order valence-corrected chi connectivity index (χ1v) is 7.45. The van der Waals surface area contributed by atoms with Crippen LogP contribution in [0.3, 0.4) is 0 Å². The van der Waals surface area contributed by atoms with Crippen LogP contribution in [0.5, 0.6) is 5.75 Å². The van der Waals surface area contributed by atoms with Gasteiger partial charge in [0.25, 0.3) is 0 Å². The van der Waals surface area contributed by atoms with E-state index in [0.29, 0.717) is 11.3 Å². The number of ether oxygens (including phenoxy) is 1. The van der Waals surface area contributed by atoms with E-state index in [9.17, 15) is 4.79 Å². The summed E-state index contributed by atoms with van der Waals surface area (Å²) in [7, 11) is 0. The predicted molar refractivity (Wildman–Crippen MR) is 90.5 cm³/mol. The molecule has 23 heavy (non-hydrogen) atoms. The maximum Gasteiger partial charge on any atom is 0.343 e. The zero-order valence-corrected chi connectivity index (χ0v) is 13.1. The Morgan fingerprint density at radius 3 is 2.48 bits per heavy atom. The molecule has 1 heterocycles. The van der Waals surface area contributed by atoms with Crippen molar-refractivity contribution in [2.75, 3.05) is 0 Å². The van der Waals surface area contributed by atoms with Gasteiger partial charge in [-0.25, -0.2) is 4.79 Å². The Labute approximate surface area is 135 Å². The number of nitrogens with zero attached hydrogens (tertiary/aromatic N) is 1. The molecule has 3 heteroatoms. The minimum absolute atomic E-state index is 0.371. The molecule has 0 saturated carbocycles. The molecule has 3 nitrogen and oxygen atoms in total. The highest BCUT2D eigenvalue weighted by Gasteiger charge is 2.14. The zero-order chi connectivity index (χ0) is 16.2. The standard InChI is InChI=1S/C20H17NO2/c1-14-10-11-18(23-20(22)16-8-4-3-5-9-16)17(13-14)19-15(2)7-6-12-21-19/h3-13H,1-2H3. The third kappa shape index (κ3) is 3.29. The highest BCUT2D eigenvalue weighted by molar-refractivity contribution is 5.92. The molecule has 0 fully saturated rings. The molecule has 0 atom stereocenters. The molecule has 0 aliphatic rings. The van der Waals surface area contributed by atoms with Gasteiger partial charge in [-0.15, -0.1) is 0 Å². The number of pyridine rings is 1. The summed E-state index contributed by atoms with van der Waals surface area (Å²) in [5, 5.41) is 0. The van der Waals surface area contributed by atoms with E-state index < -0.39 is 0 Å². The summed E-state index contributed by atoms with van der Waals surface area (Å²) in [6.07, 6.45) is 1.74. The number of hydrogen-bond donors (Lipinski definition) is 0. The van der Waals surface area contributed by atoms with Crippen molar-refractivity contribution in [1.82, 2.24) is 4.98 Å². The Bertz CT molecular complexity index is 841. The first kappa shape index (κ1) is 15.0. The third-order valence-corrected chi connectivity index (χ3v) is 3.61. The Kier molecular flexibility index (Phi) is 4.20. The van der Waals surface area contributed by atoms with Gasteiger partial charge in [-0.1, -0.05) is 35.9 Å². The van der Waals surface area contributed by atoms with E-state index in [4.69, 9.17) is 4.74 Å². The van der Waals surface area contributed by atoms with Crippen LogP contribution in [-0.4, -0.2) is 11.0 Å². The lowest BCUT2D eigenvalue weighted by Gasteiger charge is -2.12. The van der Waals surface area contributed by atoms with Gasteiger partial charge in [0, 0.05) is 11.8 Å². The second-order valence-electron chi connectivity index (χ2n) is 5.42. The second-order valence-corrected chi connectivity index (χ2v) is 5.42. The van der Waals surface area contributed by atoms with E-state index in [2.05, 4.69) is 4.98 Å². The van der Waals surface area contributed by atoms with Crippen molar-refractivity contribution in [3.63, 3.8) is 0 Å². The first-order valence-electron chi connectivity index (χ1n) is 7.45. The molecule has 1 aromatic heterocycles. The van der Waals surface area contributed by atoms with Crippen LogP contribution in [0.2, 0.25) is 0 Å². The molecule has 0 aliphatic heterocycles. The minimum Gasteiger partial charge on any atom is -0.422 e. The summed E-state index contributed by atoms with van der Waals surface area (Å²) in [4.78, 5) is 16.8. The lowest BCUT2D eigenvalue weighted by atomic mass is 10.0. The average molecular weight is 303 g/mol. The molecule has 0 spiro atoms. The van der Waals surface area contributed by atoms with E-state index in [1.807, 2.05) is 62.4 Å². The van der Waals surface area contributed by atoms with Crippen LogP contribution >= 0.6 is 0 Å². The van der Waals surface area contributed by atoms with Gasteiger partial charge >= 0.3 is 5.97 Å². The number of rotatable bonds is 3. The topological polar surface area (TPSA) is 39.2 Å². The van der Waals surface area contributed by atoms with Gasteiger partial charge < -0.3 is 4.74 Å². The summed E-state index contributed by atoms with van der Waals surface area (Å²) < 4.78 is 5.62. The Balaban J connectivity index is 2.00. The Morgan fingerprint density at radius 1 is 0.957 bits per heavy atom. The maximum absolute atomic E-state index is 12.3. The van der Waals surface area contributed by atoms with Crippen molar-refractivity contribution in [1.29, 1.82) is 0 Å². The average Bonchev–Trinajstić information content (AvgIpc) is 2.58. The number of esters is 1. The number of hydrogen-bond acceptors (Lipinski definition) is 3. The van der Waals surface area contributed by atoms with Crippen LogP contribution in [0.1, 0.15) is 21.5 Å². The Hall–Kier alpha value is -2.94. The van der Waals surface area contributed by atoms with Crippen LogP contribution in [0.25, 0.3) is 11.3 Å². The van der Waals surface area contributed by atoms with Crippen molar-refractivity contribution < 1.29 is 9.53 Å². The van der Waals surface area contributed by atoms with Gasteiger partial charge in [0.1, 0.15) is 5.75 Å². The monoisotopic (exact) mass is 303 g/mol. The highest BCUT2D eigenvalue weighted by atomic mass is 16.5. The smallest absolute Gasteiger partial charge is 0.343 e. The largest absolute Gasteiger partial charge is 0.422 e. The van der Waals surface area contributed by atoms with Crippen molar-refractivity contribution in [2.45, 2.75) is 13.8 Å². The summed E-state index contributed by atoms with van der Waals surface area (Å²) in [6.45, 7) is 4.00. The number of aryl methyl sites for hydroxylation is 2. The van der Waals surface area contributed by atoms with Gasteiger partial charge in [0.2, 0.25) is 0 Å². The normalized spacial score (nSPS) is 10.3. The molecule has 2 aromatic carbocycles. The first-order chi connectivity index (χ1) is 11.1. The Morgan fingerprint density at radius 2 is 1.74 bits per heavy atom. The fourth-order valence-corrected chi connectivity index (χ4v) is 2.42. The lowest BCUT2D eigenvalue weighted by Crippen LogP contribution is -2.09. The molecular formula is C20H17NO2. The van der Waals surface area contributed by atoms with Crippen LogP contribution < -0.4 is 4.74 Å². The summed E-state index contributed by atoms with van der Waals surface area (Å²) >= 11 is 0. The van der Waals surface area contributed by atoms with Crippen molar-refractivity contribution in [2.24, 2.45) is 0 Å². The lowest BCUT2D eigenvalue weighted by molar-refractivity contribution is 0.0735. The molecule has 0 aliphatic carbocycles.